The van der Waals surface area contributed by atoms with E-state index >= 15 is 0 Å². The van der Waals surface area contributed by atoms with Crippen molar-refractivity contribution in [3.8, 4) is 0 Å². The number of nitrogens with one attached hydrogen (secondary N) is 1. The van der Waals surface area contributed by atoms with Crippen LogP contribution in [-0.2, 0) is 4.79 Å². The smallest absolute Gasteiger partial charge is 0.236 e. The molecule has 0 saturated carbocycles. The Bertz CT molecular complexity index is 165. The predicted molar refractivity (Wildman–Crippen MR) is 40.5 cm³/mol. The summed E-state index contributed by atoms with van der Waals surface area (Å²) in [5.74, 6) is 0.286. The second-order valence-electron chi connectivity index (χ2n) is 3.01. The average Bonchev–Trinajstić information content (AvgIpc) is 2.55. The van der Waals surface area contributed by atoms with Gasteiger partial charge in [-0.3, -0.25) is 9.80 Å². The van der Waals surface area contributed by atoms with Crippen LogP contribution in [0.4, 0.5) is 0 Å². The first kappa shape index (κ1) is 7.06. The molecule has 0 aromatic rings. The first-order chi connectivity index (χ1) is 5.38. The van der Waals surface area contributed by atoms with Gasteiger partial charge in [0.25, 0.3) is 0 Å². The van der Waals surface area contributed by atoms with Gasteiger partial charge in [-0.25, -0.2) is 5.01 Å². The lowest BCUT2D eigenvalue weighted by Gasteiger charge is -2.25. The maximum Gasteiger partial charge on any atom is 0.236 e. The Balaban J connectivity index is 1.97. The normalized spacial score (nSPS) is 26.9. The highest BCUT2D eigenvalue weighted by atomic mass is 16.2. The van der Waals surface area contributed by atoms with Crippen LogP contribution in [0, 0.1) is 0 Å². The van der Waals surface area contributed by atoms with Crippen LogP contribution >= 0.6 is 0 Å². The van der Waals surface area contributed by atoms with Crippen molar-refractivity contribution in [2.75, 3.05) is 26.3 Å². The molecule has 0 aliphatic carbocycles. The summed E-state index contributed by atoms with van der Waals surface area (Å²) in [5, 5.41) is 7.17. The molecule has 0 aromatic carbocycles. The number of hydrogen-bond donors (Lipinski definition) is 1. The Morgan fingerprint density at radius 1 is 1.36 bits per heavy atom. The number of carbonyl (C=O) groups excluding carboxylic acids is 1. The Morgan fingerprint density at radius 2 is 2.27 bits per heavy atom. The minimum Gasteiger partial charge on any atom is -0.302 e. The molecule has 1 N–H and O–H groups in total. The van der Waals surface area contributed by atoms with Gasteiger partial charge in [-0.2, -0.15) is 0 Å². The second kappa shape index (κ2) is 2.79. The van der Waals surface area contributed by atoms with Crippen LogP contribution in [0.1, 0.15) is 12.8 Å². The molecular weight excluding hydrogens is 142 g/mol. The lowest BCUT2D eigenvalue weighted by atomic mass is 10.4. The van der Waals surface area contributed by atoms with Gasteiger partial charge in [-0.15, -0.1) is 0 Å². The van der Waals surface area contributed by atoms with E-state index in [1.807, 2.05) is 5.01 Å². The lowest BCUT2D eigenvalue weighted by molar-refractivity contribution is -0.141. The van der Waals surface area contributed by atoms with Crippen molar-refractivity contribution in [3.05, 3.63) is 0 Å². The largest absolute Gasteiger partial charge is 0.302 e. The molecule has 2 aliphatic rings. The van der Waals surface area contributed by atoms with Crippen LogP contribution < -0.4 is 5.32 Å². The zero-order chi connectivity index (χ0) is 7.68. The molecule has 0 radical (unpaired) electrons. The van der Waals surface area contributed by atoms with Crippen molar-refractivity contribution in [1.82, 2.24) is 15.3 Å². The molecule has 0 spiro atoms. The molecule has 2 heterocycles. The van der Waals surface area contributed by atoms with Crippen molar-refractivity contribution in [2.45, 2.75) is 12.8 Å². The van der Waals surface area contributed by atoms with E-state index in [9.17, 15) is 4.79 Å². The van der Waals surface area contributed by atoms with Gasteiger partial charge >= 0.3 is 0 Å². The van der Waals surface area contributed by atoms with Crippen molar-refractivity contribution in [2.24, 2.45) is 0 Å². The van der Waals surface area contributed by atoms with Crippen LogP contribution in [0.25, 0.3) is 0 Å². The minimum absolute atomic E-state index is 0.286. The van der Waals surface area contributed by atoms with Crippen LogP contribution in [-0.4, -0.2) is 42.2 Å². The van der Waals surface area contributed by atoms with E-state index in [2.05, 4.69) is 10.3 Å². The topological polar surface area (TPSA) is 35.6 Å². The summed E-state index contributed by atoms with van der Waals surface area (Å²) in [6.45, 7) is 3.74. The molecule has 0 unspecified atom stereocenters. The monoisotopic (exact) mass is 155 g/mol. The average molecular weight is 155 g/mol. The molecule has 1 amide bonds. The summed E-state index contributed by atoms with van der Waals surface area (Å²) in [6, 6.07) is 0. The third kappa shape index (κ3) is 1.23. The zero-order valence-electron chi connectivity index (χ0n) is 6.55. The van der Waals surface area contributed by atoms with Gasteiger partial charge in [0.05, 0.1) is 6.67 Å². The van der Waals surface area contributed by atoms with Gasteiger partial charge in [0.1, 0.15) is 0 Å². The van der Waals surface area contributed by atoms with Crippen molar-refractivity contribution < 1.29 is 4.79 Å². The first-order valence-electron chi connectivity index (χ1n) is 4.14. The fraction of sp³-hybridized carbons (Fsp3) is 0.857. The molecule has 62 valence electrons. The number of rotatable bonds is 1. The van der Waals surface area contributed by atoms with E-state index < -0.39 is 0 Å². The van der Waals surface area contributed by atoms with Gasteiger partial charge in [-0.05, 0) is 6.42 Å². The Morgan fingerprint density at radius 3 is 2.82 bits per heavy atom. The van der Waals surface area contributed by atoms with Crippen LogP contribution in [0.5, 0.6) is 0 Å². The van der Waals surface area contributed by atoms with E-state index in [0.717, 1.165) is 39.1 Å². The standard InChI is InChI=1S/C7H13N3O/c11-7-2-1-4-10(7)9-5-3-8-6-9/h8H,1-6H2. The zero-order valence-corrected chi connectivity index (χ0v) is 6.55. The van der Waals surface area contributed by atoms with E-state index in [-0.39, 0.29) is 5.91 Å². The number of hydrogen-bond acceptors (Lipinski definition) is 3. The Labute approximate surface area is 66.1 Å². The Hall–Kier alpha value is -0.610. The van der Waals surface area contributed by atoms with Gasteiger partial charge in [0.15, 0.2) is 0 Å². The number of hydrazine groups is 1. The van der Waals surface area contributed by atoms with E-state index in [1.54, 1.807) is 0 Å². The predicted octanol–water partition coefficient (Wildman–Crippen LogP) is -0.613. The van der Waals surface area contributed by atoms with E-state index in [4.69, 9.17) is 0 Å². The SMILES string of the molecule is O=C1CCCN1N1CCNC1. The number of carbonyl (C=O) groups is 1. The molecule has 11 heavy (non-hydrogen) atoms. The fourth-order valence-corrected chi connectivity index (χ4v) is 1.63. The third-order valence-electron chi connectivity index (χ3n) is 2.23. The van der Waals surface area contributed by atoms with Gasteiger partial charge in [-0.1, -0.05) is 0 Å². The highest BCUT2D eigenvalue weighted by molar-refractivity contribution is 5.77. The summed E-state index contributed by atoms with van der Waals surface area (Å²) in [5.41, 5.74) is 0. The summed E-state index contributed by atoms with van der Waals surface area (Å²) >= 11 is 0. The molecule has 0 atom stereocenters. The van der Waals surface area contributed by atoms with Crippen LogP contribution in [0.15, 0.2) is 0 Å². The highest BCUT2D eigenvalue weighted by Crippen LogP contribution is 2.13. The van der Waals surface area contributed by atoms with Crippen LogP contribution in [0.3, 0.4) is 0 Å². The lowest BCUT2D eigenvalue weighted by Crippen LogP contribution is -2.42. The molecule has 4 nitrogen and oxygen atoms in total. The van der Waals surface area contributed by atoms with Gasteiger partial charge < -0.3 is 5.32 Å². The van der Waals surface area contributed by atoms with E-state index in [0.29, 0.717) is 0 Å². The third-order valence-corrected chi connectivity index (χ3v) is 2.23. The number of nitrogens with zero attached hydrogens (tertiary/aromatic N) is 2. The molecule has 2 rings (SSSR count). The Kier molecular flexibility index (Phi) is 1.79. The first-order valence-corrected chi connectivity index (χ1v) is 4.14. The molecule has 4 heteroatoms. The maximum absolute atomic E-state index is 11.2. The molecular formula is C7H13N3O. The number of amides is 1. The van der Waals surface area contributed by atoms with Crippen LogP contribution in [0.2, 0.25) is 0 Å². The molecule has 0 aromatic heterocycles. The summed E-state index contributed by atoms with van der Waals surface area (Å²) in [6.07, 6.45) is 1.76. The molecule has 2 saturated heterocycles. The quantitative estimate of drug-likeness (QED) is 0.548. The van der Waals surface area contributed by atoms with Gasteiger partial charge in [0.2, 0.25) is 5.91 Å². The van der Waals surface area contributed by atoms with Crippen molar-refractivity contribution in [3.63, 3.8) is 0 Å². The van der Waals surface area contributed by atoms with Gasteiger partial charge in [0, 0.05) is 26.1 Å². The maximum atomic E-state index is 11.2. The molecule has 2 fully saturated rings. The highest BCUT2D eigenvalue weighted by Gasteiger charge is 2.27. The second-order valence-corrected chi connectivity index (χ2v) is 3.01. The molecule has 0 bridgehead atoms. The van der Waals surface area contributed by atoms with Crippen molar-refractivity contribution in [1.29, 1.82) is 0 Å². The van der Waals surface area contributed by atoms with E-state index in [1.165, 1.54) is 0 Å². The van der Waals surface area contributed by atoms with Crippen molar-refractivity contribution >= 4 is 5.91 Å². The summed E-state index contributed by atoms with van der Waals surface area (Å²) in [4.78, 5) is 11.2. The summed E-state index contributed by atoms with van der Waals surface area (Å²) < 4.78 is 0. The minimum atomic E-state index is 0.286. The summed E-state index contributed by atoms with van der Waals surface area (Å²) in [7, 11) is 0. The molecule has 2 aliphatic heterocycles. The fourth-order valence-electron chi connectivity index (χ4n) is 1.63.